The smallest absolute Gasteiger partial charge is 0.123 e. The lowest BCUT2D eigenvalue weighted by atomic mass is 9.63. The van der Waals surface area contributed by atoms with Gasteiger partial charge in [0.15, 0.2) is 0 Å². The molecule has 0 aromatic heterocycles. The maximum atomic E-state index is 5.50. The molecule has 1 aliphatic rings. The van der Waals surface area contributed by atoms with Crippen LogP contribution in [0.5, 0.6) is 5.75 Å². The molecule has 2 rings (SSSR count). The third-order valence-corrected chi connectivity index (χ3v) is 4.65. The summed E-state index contributed by atoms with van der Waals surface area (Å²) < 4.78 is 5.50. The van der Waals surface area contributed by atoms with Gasteiger partial charge in [0.05, 0.1) is 7.11 Å². The minimum absolute atomic E-state index is 0.316. The summed E-state index contributed by atoms with van der Waals surface area (Å²) in [5.74, 6) is 0.979. The van der Waals surface area contributed by atoms with Crippen LogP contribution in [-0.4, -0.2) is 13.2 Å². The Morgan fingerprint density at radius 2 is 1.67 bits per heavy atom. The minimum atomic E-state index is 0.316. The van der Waals surface area contributed by atoms with E-state index in [1.54, 1.807) is 7.11 Å². The molecule has 1 aromatic carbocycles. The molecule has 1 saturated carbocycles. The van der Waals surface area contributed by atoms with Crippen LogP contribution < -0.4 is 10.1 Å². The van der Waals surface area contributed by atoms with E-state index in [4.69, 9.17) is 4.74 Å². The van der Waals surface area contributed by atoms with Crippen LogP contribution in [0.1, 0.15) is 65.5 Å². The molecule has 1 aromatic rings. The highest BCUT2D eigenvalue weighted by molar-refractivity contribution is 5.35. The first kappa shape index (κ1) is 16.4. The van der Waals surface area contributed by atoms with E-state index in [0.717, 1.165) is 5.75 Å². The second-order valence-corrected chi connectivity index (χ2v) is 8.24. The predicted molar refractivity (Wildman–Crippen MR) is 89.7 cm³/mol. The van der Waals surface area contributed by atoms with Crippen LogP contribution in [0.25, 0.3) is 0 Å². The van der Waals surface area contributed by atoms with Gasteiger partial charge in [0, 0.05) is 17.6 Å². The molecule has 1 fully saturated rings. The largest absolute Gasteiger partial charge is 0.496 e. The molecular formula is C19H31NO. The molecule has 0 unspecified atom stereocenters. The molecule has 1 atom stereocenters. The standard InChI is InChI=1S/C19H31NO/c1-14(16-9-7-8-10-17(16)21-6)20-15-11-18(2,3)13-19(4,5)12-15/h7-10,14-15,20H,11-13H2,1-6H3/t14-/m0/s1. The van der Waals surface area contributed by atoms with Crippen LogP contribution in [0.15, 0.2) is 24.3 Å². The van der Waals surface area contributed by atoms with Crippen LogP contribution in [0.4, 0.5) is 0 Å². The van der Waals surface area contributed by atoms with Gasteiger partial charge in [-0.05, 0) is 43.1 Å². The Labute approximate surface area is 130 Å². The van der Waals surface area contributed by atoms with Crippen LogP contribution in [-0.2, 0) is 0 Å². The van der Waals surface area contributed by atoms with E-state index in [0.29, 0.717) is 22.9 Å². The monoisotopic (exact) mass is 289 g/mol. The highest BCUT2D eigenvalue weighted by atomic mass is 16.5. The van der Waals surface area contributed by atoms with Gasteiger partial charge in [-0.2, -0.15) is 0 Å². The number of hydrogen-bond donors (Lipinski definition) is 1. The molecule has 2 heteroatoms. The molecule has 0 saturated heterocycles. The van der Waals surface area contributed by atoms with Crippen LogP contribution in [0.2, 0.25) is 0 Å². The molecule has 0 aliphatic heterocycles. The fourth-order valence-electron chi connectivity index (χ4n) is 4.43. The molecule has 21 heavy (non-hydrogen) atoms. The number of rotatable bonds is 4. The average Bonchev–Trinajstić information content (AvgIpc) is 2.34. The quantitative estimate of drug-likeness (QED) is 0.846. The second kappa shape index (κ2) is 6.00. The Bertz CT molecular complexity index is 462. The number of nitrogens with one attached hydrogen (secondary N) is 1. The molecule has 118 valence electrons. The van der Waals surface area contributed by atoms with Crippen molar-refractivity contribution >= 4 is 0 Å². The highest BCUT2D eigenvalue weighted by Crippen LogP contribution is 2.46. The Morgan fingerprint density at radius 1 is 1.10 bits per heavy atom. The third-order valence-electron chi connectivity index (χ3n) is 4.65. The van der Waals surface area contributed by atoms with E-state index < -0.39 is 0 Å². The first-order chi connectivity index (χ1) is 9.72. The SMILES string of the molecule is COc1ccccc1[C@H](C)NC1CC(C)(C)CC(C)(C)C1. The summed E-state index contributed by atoms with van der Waals surface area (Å²) >= 11 is 0. The van der Waals surface area contributed by atoms with E-state index in [2.05, 4.69) is 52.1 Å². The van der Waals surface area contributed by atoms with E-state index in [1.165, 1.54) is 24.8 Å². The van der Waals surface area contributed by atoms with Gasteiger partial charge in [0.1, 0.15) is 5.75 Å². The lowest BCUT2D eigenvalue weighted by Gasteiger charge is -2.46. The topological polar surface area (TPSA) is 21.3 Å². The third kappa shape index (κ3) is 4.23. The number of para-hydroxylation sites is 1. The molecule has 0 bridgehead atoms. The summed E-state index contributed by atoms with van der Waals surface area (Å²) in [6, 6.07) is 9.21. The van der Waals surface area contributed by atoms with Gasteiger partial charge in [-0.1, -0.05) is 45.9 Å². The van der Waals surface area contributed by atoms with Crippen molar-refractivity contribution in [3.8, 4) is 5.75 Å². The maximum Gasteiger partial charge on any atom is 0.123 e. The van der Waals surface area contributed by atoms with Gasteiger partial charge in [-0.25, -0.2) is 0 Å². The molecule has 2 nitrogen and oxygen atoms in total. The van der Waals surface area contributed by atoms with Crippen LogP contribution >= 0.6 is 0 Å². The average molecular weight is 289 g/mol. The van der Waals surface area contributed by atoms with Gasteiger partial charge >= 0.3 is 0 Å². The molecule has 1 aliphatic carbocycles. The van der Waals surface area contributed by atoms with Gasteiger partial charge in [0.25, 0.3) is 0 Å². The summed E-state index contributed by atoms with van der Waals surface area (Å²) in [7, 11) is 1.75. The van der Waals surface area contributed by atoms with E-state index in [1.807, 2.05) is 12.1 Å². The maximum absolute atomic E-state index is 5.50. The summed E-state index contributed by atoms with van der Waals surface area (Å²) in [5, 5.41) is 3.84. The van der Waals surface area contributed by atoms with Crippen molar-refractivity contribution in [2.24, 2.45) is 10.8 Å². The van der Waals surface area contributed by atoms with Gasteiger partial charge < -0.3 is 10.1 Å². The van der Waals surface area contributed by atoms with E-state index in [-0.39, 0.29) is 0 Å². The van der Waals surface area contributed by atoms with Gasteiger partial charge in [-0.3, -0.25) is 0 Å². The normalized spacial score (nSPS) is 22.8. The predicted octanol–water partition coefficient (Wildman–Crippen LogP) is 4.95. The second-order valence-electron chi connectivity index (χ2n) is 8.24. The van der Waals surface area contributed by atoms with Crippen molar-refractivity contribution in [1.82, 2.24) is 5.32 Å². The molecule has 0 heterocycles. The number of ether oxygens (including phenoxy) is 1. The zero-order chi connectivity index (χ0) is 15.7. The molecule has 1 N–H and O–H groups in total. The van der Waals surface area contributed by atoms with Crippen molar-refractivity contribution in [2.45, 2.75) is 66.0 Å². The summed E-state index contributed by atoms with van der Waals surface area (Å²) in [6.45, 7) is 11.8. The van der Waals surface area contributed by atoms with Crippen molar-refractivity contribution in [2.75, 3.05) is 7.11 Å². The Hall–Kier alpha value is -1.02. The minimum Gasteiger partial charge on any atom is -0.496 e. The Balaban J connectivity index is 2.10. The number of methoxy groups -OCH3 is 1. The van der Waals surface area contributed by atoms with Crippen molar-refractivity contribution in [1.29, 1.82) is 0 Å². The van der Waals surface area contributed by atoms with Crippen molar-refractivity contribution in [3.05, 3.63) is 29.8 Å². The van der Waals surface area contributed by atoms with Crippen LogP contribution in [0.3, 0.4) is 0 Å². The van der Waals surface area contributed by atoms with Gasteiger partial charge in [-0.15, -0.1) is 0 Å². The lowest BCUT2D eigenvalue weighted by molar-refractivity contribution is 0.0810. The van der Waals surface area contributed by atoms with Gasteiger partial charge in [0.2, 0.25) is 0 Å². The number of hydrogen-bond acceptors (Lipinski definition) is 2. The summed E-state index contributed by atoms with van der Waals surface area (Å²) in [4.78, 5) is 0. The molecular weight excluding hydrogens is 258 g/mol. The number of benzene rings is 1. The first-order valence-electron chi connectivity index (χ1n) is 8.11. The summed E-state index contributed by atoms with van der Waals surface area (Å²) in [5.41, 5.74) is 2.08. The zero-order valence-electron chi connectivity index (χ0n) is 14.5. The first-order valence-corrected chi connectivity index (χ1v) is 8.11. The van der Waals surface area contributed by atoms with Crippen LogP contribution in [0, 0.1) is 10.8 Å². The lowest BCUT2D eigenvalue weighted by Crippen LogP contribution is -2.44. The van der Waals surface area contributed by atoms with E-state index in [9.17, 15) is 0 Å². The molecule has 0 amide bonds. The molecule has 0 radical (unpaired) electrons. The molecule has 0 spiro atoms. The van der Waals surface area contributed by atoms with Crippen molar-refractivity contribution in [3.63, 3.8) is 0 Å². The fourth-order valence-corrected chi connectivity index (χ4v) is 4.43. The Kier molecular flexibility index (Phi) is 4.67. The zero-order valence-corrected chi connectivity index (χ0v) is 14.5. The highest BCUT2D eigenvalue weighted by Gasteiger charge is 2.38. The van der Waals surface area contributed by atoms with Crippen molar-refractivity contribution < 1.29 is 4.74 Å². The van der Waals surface area contributed by atoms with E-state index >= 15 is 0 Å². The summed E-state index contributed by atoms with van der Waals surface area (Å²) in [6.07, 6.45) is 3.80. The Morgan fingerprint density at radius 3 is 2.24 bits per heavy atom. The fraction of sp³-hybridized carbons (Fsp3) is 0.684.